The molecule has 26 heavy (non-hydrogen) atoms. The average molecular weight is 346 g/mol. The standard InChI is InChI=1S/C23H23FN2/c1-4-15(2)13-22-16(3)14-21(24)23(26-22)19-7-5-17(6-8-19)18-9-11-20(25)12-10-18/h5-14H,4,25H2,1-3H3/b15-13-. The van der Waals surface area contributed by atoms with Gasteiger partial charge in [-0.2, -0.15) is 0 Å². The first-order valence-corrected chi connectivity index (χ1v) is 8.78. The number of anilines is 1. The Kier molecular flexibility index (Phi) is 5.17. The molecule has 2 N–H and O–H groups in total. The largest absolute Gasteiger partial charge is 0.399 e. The molecule has 1 aromatic heterocycles. The summed E-state index contributed by atoms with van der Waals surface area (Å²) in [7, 11) is 0. The van der Waals surface area contributed by atoms with Gasteiger partial charge in [-0.05, 0) is 61.2 Å². The predicted molar refractivity (Wildman–Crippen MR) is 108 cm³/mol. The number of pyridine rings is 1. The van der Waals surface area contributed by atoms with Crippen LogP contribution in [0.4, 0.5) is 10.1 Å². The lowest BCUT2D eigenvalue weighted by atomic mass is 10.0. The Bertz CT molecular complexity index is 939. The lowest BCUT2D eigenvalue weighted by Crippen LogP contribution is -1.96. The van der Waals surface area contributed by atoms with E-state index in [4.69, 9.17) is 5.73 Å². The molecule has 0 spiro atoms. The fourth-order valence-electron chi connectivity index (χ4n) is 2.77. The molecule has 0 saturated heterocycles. The van der Waals surface area contributed by atoms with Gasteiger partial charge in [0.2, 0.25) is 0 Å². The quantitative estimate of drug-likeness (QED) is 0.566. The van der Waals surface area contributed by atoms with E-state index in [1.165, 1.54) is 5.57 Å². The first kappa shape index (κ1) is 17.9. The molecule has 3 aromatic rings. The van der Waals surface area contributed by atoms with Gasteiger partial charge in [-0.25, -0.2) is 9.37 Å². The number of nitrogens with two attached hydrogens (primary N) is 1. The van der Waals surface area contributed by atoms with E-state index in [1.54, 1.807) is 6.07 Å². The van der Waals surface area contributed by atoms with Crippen molar-refractivity contribution in [2.75, 3.05) is 5.73 Å². The van der Waals surface area contributed by atoms with E-state index >= 15 is 0 Å². The van der Waals surface area contributed by atoms with Gasteiger partial charge >= 0.3 is 0 Å². The summed E-state index contributed by atoms with van der Waals surface area (Å²) in [6, 6.07) is 17.0. The van der Waals surface area contributed by atoms with E-state index in [0.717, 1.165) is 40.1 Å². The summed E-state index contributed by atoms with van der Waals surface area (Å²) in [4.78, 5) is 4.58. The van der Waals surface area contributed by atoms with E-state index in [-0.39, 0.29) is 5.82 Å². The Hall–Kier alpha value is -2.94. The summed E-state index contributed by atoms with van der Waals surface area (Å²) in [5, 5.41) is 0. The molecule has 0 atom stereocenters. The Morgan fingerprint density at radius 2 is 1.54 bits per heavy atom. The second kappa shape index (κ2) is 7.52. The minimum atomic E-state index is -0.297. The van der Waals surface area contributed by atoms with Crippen LogP contribution in [0, 0.1) is 12.7 Å². The Morgan fingerprint density at radius 3 is 2.12 bits per heavy atom. The molecule has 2 nitrogen and oxygen atoms in total. The normalized spacial score (nSPS) is 11.6. The van der Waals surface area contributed by atoms with Crippen molar-refractivity contribution < 1.29 is 4.39 Å². The fraction of sp³-hybridized carbons (Fsp3) is 0.174. The maximum atomic E-state index is 14.5. The molecule has 3 rings (SSSR count). The number of benzene rings is 2. The number of nitrogen functional groups attached to an aromatic ring is 1. The summed E-state index contributed by atoms with van der Waals surface area (Å²) in [6.07, 6.45) is 2.98. The Morgan fingerprint density at radius 1 is 1.00 bits per heavy atom. The van der Waals surface area contributed by atoms with E-state index in [0.29, 0.717) is 5.69 Å². The highest BCUT2D eigenvalue weighted by molar-refractivity contribution is 5.71. The second-order valence-electron chi connectivity index (χ2n) is 6.56. The third-order valence-electron chi connectivity index (χ3n) is 4.55. The zero-order chi connectivity index (χ0) is 18.7. The van der Waals surface area contributed by atoms with Crippen molar-refractivity contribution in [1.82, 2.24) is 4.98 Å². The molecule has 0 amide bonds. The summed E-state index contributed by atoms with van der Waals surface area (Å²) in [6.45, 7) is 6.05. The van der Waals surface area contributed by atoms with Gasteiger partial charge in [0, 0.05) is 11.3 Å². The van der Waals surface area contributed by atoms with E-state index in [2.05, 4.69) is 18.8 Å². The highest BCUT2D eigenvalue weighted by Crippen LogP contribution is 2.27. The number of aromatic nitrogens is 1. The van der Waals surface area contributed by atoms with Crippen LogP contribution < -0.4 is 5.73 Å². The molecule has 0 bridgehead atoms. The van der Waals surface area contributed by atoms with Gasteiger partial charge in [-0.3, -0.25) is 0 Å². The lowest BCUT2D eigenvalue weighted by molar-refractivity contribution is 0.624. The molecule has 0 aliphatic rings. The van der Waals surface area contributed by atoms with Crippen molar-refractivity contribution in [2.45, 2.75) is 27.2 Å². The predicted octanol–water partition coefficient (Wildman–Crippen LogP) is 6.26. The van der Waals surface area contributed by atoms with Crippen molar-refractivity contribution in [3.05, 3.63) is 77.2 Å². The minimum Gasteiger partial charge on any atom is -0.399 e. The molecule has 0 saturated carbocycles. The highest BCUT2D eigenvalue weighted by Gasteiger charge is 2.11. The number of allylic oxidation sites excluding steroid dienone is 1. The minimum absolute atomic E-state index is 0.297. The van der Waals surface area contributed by atoms with Crippen molar-refractivity contribution in [3.8, 4) is 22.4 Å². The summed E-state index contributed by atoms with van der Waals surface area (Å²) in [5.74, 6) is -0.297. The number of nitrogens with zero attached hydrogens (tertiary/aromatic N) is 1. The number of rotatable bonds is 4. The van der Waals surface area contributed by atoms with Crippen molar-refractivity contribution in [1.29, 1.82) is 0 Å². The molecule has 132 valence electrons. The maximum absolute atomic E-state index is 14.5. The summed E-state index contributed by atoms with van der Waals surface area (Å²) >= 11 is 0. The van der Waals surface area contributed by atoms with E-state index < -0.39 is 0 Å². The summed E-state index contributed by atoms with van der Waals surface area (Å²) < 4.78 is 14.5. The summed E-state index contributed by atoms with van der Waals surface area (Å²) in [5.41, 5.74) is 12.6. The van der Waals surface area contributed by atoms with E-state index in [9.17, 15) is 4.39 Å². The van der Waals surface area contributed by atoms with Gasteiger partial charge in [0.1, 0.15) is 11.5 Å². The maximum Gasteiger partial charge on any atom is 0.149 e. The Labute approximate surface area is 154 Å². The van der Waals surface area contributed by atoms with Gasteiger partial charge in [-0.15, -0.1) is 0 Å². The molecule has 0 unspecified atom stereocenters. The number of aryl methyl sites for hydroxylation is 1. The molecule has 0 aliphatic carbocycles. The van der Waals surface area contributed by atoms with Crippen LogP contribution in [0.3, 0.4) is 0 Å². The van der Waals surface area contributed by atoms with Crippen LogP contribution >= 0.6 is 0 Å². The molecule has 3 heteroatoms. The van der Waals surface area contributed by atoms with Crippen LogP contribution in [-0.2, 0) is 0 Å². The van der Waals surface area contributed by atoms with Crippen LogP contribution in [0.1, 0.15) is 31.5 Å². The van der Waals surface area contributed by atoms with Crippen LogP contribution in [0.25, 0.3) is 28.5 Å². The van der Waals surface area contributed by atoms with Crippen LogP contribution in [0.5, 0.6) is 0 Å². The van der Waals surface area contributed by atoms with Crippen LogP contribution in [-0.4, -0.2) is 4.98 Å². The molecular weight excluding hydrogens is 323 g/mol. The zero-order valence-corrected chi connectivity index (χ0v) is 15.4. The van der Waals surface area contributed by atoms with Gasteiger partial charge in [0.05, 0.1) is 5.69 Å². The fourth-order valence-corrected chi connectivity index (χ4v) is 2.77. The molecule has 0 aliphatic heterocycles. The first-order chi connectivity index (χ1) is 12.5. The highest BCUT2D eigenvalue weighted by atomic mass is 19.1. The van der Waals surface area contributed by atoms with Gasteiger partial charge < -0.3 is 5.73 Å². The van der Waals surface area contributed by atoms with Crippen LogP contribution in [0.2, 0.25) is 0 Å². The molecule has 1 heterocycles. The zero-order valence-electron chi connectivity index (χ0n) is 15.4. The third-order valence-corrected chi connectivity index (χ3v) is 4.55. The molecule has 2 aromatic carbocycles. The third kappa shape index (κ3) is 3.83. The van der Waals surface area contributed by atoms with E-state index in [1.807, 2.05) is 61.5 Å². The second-order valence-corrected chi connectivity index (χ2v) is 6.56. The molecule has 0 fully saturated rings. The Balaban J connectivity index is 1.98. The van der Waals surface area contributed by atoms with Gasteiger partial charge in [0.25, 0.3) is 0 Å². The first-order valence-electron chi connectivity index (χ1n) is 8.78. The number of halogens is 1. The number of hydrogen-bond acceptors (Lipinski definition) is 2. The SMILES string of the molecule is CC/C(C)=C\c1nc(-c2ccc(-c3ccc(N)cc3)cc2)c(F)cc1C. The molecule has 0 radical (unpaired) electrons. The monoisotopic (exact) mass is 346 g/mol. The topological polar surface area (TPSA) is 38.9 Å². The lowest BCUT2D eigenvalue weighted by Gasteiger charge is -2.09. The van der Waals surface area contributed by atoms with Crippen molar-refractivity contribution >= 4 is 11.8 Å². The smallest absolute Gasteiger partial charge is 0.149 e. The van der Waals surface area contributed by atoms with Gasteiger partial charge in [0.15, 0.2) is 0 Å². The number of hydrogen-bond donors (Lipinski definition) is 1. The van der Waals surface area contributed by atoms with Crippen molar-refractivity contribution in [2.24, 2.45) is 0 Å². The van der Waals surface area contributed by atoms with Gasteiger partial charge in [-0.1, -0.05) is 48.9 Å². The van der Waals surface area contributed by atoms with Crippen LogP contribution in [0.15, 0.2) is 60.2 Å². The molecular formula is C23H23FN2. The van der Waals surface area contributed by atoms with Crippen molar-refractivity contribution in [3.63, 3.8) is 0 Å². The average Bonchev–Trinajstić information content (AvgIpc) is 2.64.